The van der Waals surface area contributed by atoms with E-state index >= 15 is 0 Å². The fourth-order valence-electron chi connectivity index (χ4n) is 3.05. The summed E-state index contributed by atoms with van der Waals surface area (Å²) < 4.78 is 42.9. The minimum atomic E-state index is -4.28. The highest BCUT2D eigenvalue weighted by atomic mass is 35.5. The van der Waals surface area contributed by atoms with E-state index in [9.17, 15) is 18.0 Å². The molecule has 1 heterocycles. The van der Waals surface area contributed by atoms with Crippen LogP contribution in [0, 0.1) is 5.92 Å². The van der Waals surface area contributed by atoms with Crippen molar-refractivity contribution in [1.82, 2.24) is 4.90 Å². The van der Waals surface area contributed by atoms with E-state index in [1.807, 2.05) is 12.1 Å². The van der Waals surface area contributed by atoms with Crippen molar-refractivity contribution in [3.63, 3.8) is 0 Å². The molecule has 1 fully saturated rings. The molecule has 7 heteroatoms. The first-order valence-electron chi connectivity index (χ1n) is 7.52. The number of nitrogens with zero attached hydrogens (tertiary/aromatic N) is 1. The molecule has 1 aromatic rings. The van der Waals surface area contributed by atoms with Gasteiger partial charge in [0.2, 0.25) is 0 Å². The van der Waals surface area contributed by atoms with Crippen LogP contribution in [0.5, 0.6) is 0 Å². The zero-order valence-electron chi connectivity index (χ0n) is 12.8. The first kappa shape index (κ1) is 18.1. The third-order valence-electron chi connectivity index (χ3n) is 3.99. The second kappa shape index (κ2) is 7.53. The number of benzene rings is 1. The summed E-state index contributed by atoms with van der Waals surface area (Å²) in [5.41, 5.74) is 0.791. The summed E-state index contributed by atoms with van der Waals surface area (Å²) in [4.78, 5) is 13.5. The molecule has 0 spiro atoms. The van der Waals surface area contributed by atoms with Crippen LogP contribution < -0.4 is 0 Å². The Kier molecular flexibility index (Phi) is 5.92. The maximum atomic E-state index is 12.6. The number of piperidine rings is 1. The van der Waals surface area contributed by atoms with Gasteiger partial charge >= 0.3 is 12.1 Å². The lowest BCUT2D eigenvalue weighted by molar-refractivity contribution is -0.161. The molecule has 0 radical (unpaired) electrons. The lowest BCUT2D eigenvalue weighted by atomic mass is 9.80. The Balaban J connectivity index is 2.21. The number of hydrogen-bond acceptors (Lipinski definition) is 3. The standard InChI is InChI=1S/C16H19ClF3NO2/c1-2-23-15(22)13-9-21(10-16(18,19)20)8-7-11(13)12-5-3-4-6-14(12)17/h3-6,11,13H,2,7-10H2,1H3. The number of carbonyl (C=O) groups excluding carboxylic acids is 1. The van der Waals surface area contributed by atoms with Gasteiger partial charge in [-0.1, -0.05) is 29.8 Å². The van der Waals surface area contributed by atoms with E-state index in [1.165, 1.54) is 4.90 Å². The van der Waals surface area contributed by atoms with Crippen LogP contribution in [0.2, 0.25) is 5.02 Å². The normalized spacial score (nSPS) is 22.8. The molecule has 1 aliphatic rings. The van der Waals surface area contributed by atoms with Crippen LogP contribution in [-0.2, 0) is 9.53 Å². The van der Waals surface area contributed by atoms with E-state index in [2.05, 4.69) is 0 Å². The van der Waals surface area contributed by atoms with E-state index in [0.29, 0.717) is 11.4 Å². The molecule has 3 nitrogen and oxygen atoms in total. The molecule has 0 bridgehead atoms. The predicted octanol–water partition coefficient (Wildman–Crippen LogP) is 3.87. The number of carbonyl (C=O) groups is 1. The molecule has 0 N–H and O–H groups in total. The SMILES string of the molecule is CCOC(=O)C1CN(CC(F)(F)F)CCC1c1ccccc1Cl. The van der Waals surface area contributed by atoms with E-state index < -0.39 is 24.6 Å². The minimum absolute atomic E-state index is 0.0221. The molecule has 0 amide bonds. The molecule has 1 aliphatic heterocycles. The summed E-state index contributed by atoms with van der Waals surface area (Å²) in [5.74, 6) is -1.34. The van der Waals surface area contributed by atoms with Gasteiger partial charge in [0.05, 0.1) is 19.1 Å². The molecule has 2 unspecified atom stereocenters. The minimum Gasteiger partial charge on any atom is -0.466 e. The summed E-state index contributed by atoms with van der Waals surface area (Å²) in [6, 6.07) is 7.13. The van der Waals surface area contributed by atoms with Gasteiger partial charge in [-0.15, -0.1) is 0 Å². The first-order valence-corrected chi connectivity index (χ1v) is 7.89. The van der Waals surface area contributed by atoms with Gasteiger partial charge in [-0.05, 0) is 31.5 Å². The van der Waals surface area contributed by atoms with Crippen molar-refractivity contribution in [3.05, 3.63) is 34.9 Å². The van der Waals surface area contributed by atoms with E-state index in [4.69, 9.17) is 16.3 Å². The molecule has 2 rings (SSSR count). The van der Waals surface area contributed by atoms with Crippen molar-refractivity contribution in [1.29, 1.82) is 0 Å². The molecule has 1 saturated heterocycles. The average Bonchev–Trinajstić information content (AvgIpc) is 2.46. The Hall–Kier alpha value is -1.27. The van der Waals surface area contributed by atoms with Gasteiger partial charge in [0.1, 0.15) is 0 Å². The molecule has 1 aromatic carbocycles. The highest BCUT2D eigenvalue weighted by Crippen LogP contribution is 2.38. The van der Waals surface area contributed by atoms with Gasteiger partial charge < -0.3 is 4.74 Å². The number of halogens is 4. The van der Waals surface area contributed by atoms with Crippen LogP contribution in [0.25, 0.3) is 0 Å². The Labute approximate surface area is 138 Å². The summed E-state index contributed by atoms with van der Waals surface area (Å²) in [6.07, 6.45) is -3.85. The summed E-state index contributed by atoms with van der Waals surface area (Å²) >= 11 is 6.20. The molecule has 23 heavy (non-hydrogen) atoms. The monoisotopic (exact) mass is 349 g/mol. The summed E-state index contributed by atoms with van der Waals surface area (Å²) in [7, 11) is 0. The van der Waals surface area contributed by atoms with Crippen LogP contribution in [0.3, 0.4) is 0 Å². The van der Waals surface area contributed by atoms with Gasteiger partial charge in [0.15, 0.2) is 0 Å². The van der Waals surface area contributed by atoms with Crippen molar-refractivity contribution in [2.75, 3.05) is 26.2 Å². The van der Waals surface area contributed by atoms with Crippen molar-refractivity contribution < 1.29 is 22.7 Å². The van der Waals surface area contributed by atoms with Gasteiger partial charge in [0, 0.05) is 17.5 Å². The summed E-state index contributed by atoms with van der Waals surface area (Å²) in [5, 5.41) is 0.524. The zero-order valence-corrected chi connectivity index (χ0v) is 13.5. The van der Waals surface area contributed by atoms with Crippen LogP contribution in [0.15, 0.2) is 24.3 Å². The van der Waals surface area contributed by atoms with Crippen molar-refractivity contribution in [2.24, 2.45) is 5.92 Å². The smallest absolute Gasteiger partial charge is 0.401 e. The summed E-state index contributed by atoms with van der Waals surface area (Å²) in [6.45, 7) is 1.15. The second-order valence-electron chi connectivity index (χ2n) is 5.63. The molecule has 0 aromatic heterocycles. The first-order chi connectivity index (χ1) is 10.8. The fourth-order valence-corrected chi connectivity index (χ4v) is 3.33. The Morgan fingerprint density at radius 3 is 2.70 bits per heavy atom. The lowest BCUT2D eigenvalue weighted by Gasteiger charge is -2.38. The van der Waals surface area contributed by atoms with Crippen molar-refractivity contribution in [2.45, 2.75) is 25.4 Å². The van der Waals surface area contributed by atoms with Gasteiger partial charge in [-0.2, -0.15) is 13.2 Å². The third-order valence-corrected chi connectivity index (χ3v) is 4.34. The number of likely N-dealkylation sites (tertiary alicyclic amines) is 1. The third kappa shape index (κ3) is 4.85. The molecule has 0 aliphatic carbocycles. The van der Waals surface area contributed by atoms with Gasteiger partial charge in [0.25, 0.3) is 0 Å². The maximum absolute atomic E-state index is 12.6. The highest BCUT2D eigenvalue weighted by molar-refractivity contribution is 6.31. The topological polar surface area (TPSA) is 29.5 Å². The Morgan fingerprint density at radius 1 is 1.39 bits per heavy atom. The number of rotatable bonds is 4. The average molecular weight is 350 g/mol. The number of ether oxygens (including phenoxy) is 1. The number of esters is 1. The lowest BCUT2D eigenvalue weighted by Crippen LogP contribution is -2.46. The van der Waals surface area contributed by atoms with Crippen LogP contribution >= 0.6 is 11.6 Å². The molecular formula is C16H19ClF3NO2. The second-order valence-corrected chi connectivity index (χ2v) is 6.03. The molecule has 2 atom stereocenters. The van der Waals surface area contributed by atoms with Crippen LogP contribution in [0.4, 0.5) is 13.2 Å². The Bertz CT molecular complexity index is 550. The van der Waals surface area contributed by atoms with Crippen LogP contribution in [0.1, 0.15) is 24.8 Å². The maximum Gasteiger partial charge on any atom is 0.401 e. The van der Waals surface area contributed by atoms with Crippen molar-refractivity contribution in [3.8, 4) is 0 Å². The predicted molar refractivity (Wildman–Crippen MR) is 81.4 cm³/mol. The van der Waals surface area contributed by atoms with E-state index in [-0.39, 0.29) is 25.6 Å². The quantitative estimate of drug-likeness (QED) is 0.773. The highest BCUT2D eigenvalue weighted by Gasteiger charge is 2.40. The molecule has 128 valence electrons. The molecular weight excluding hydrogens is 331 g/mol. The zero-order chi connectivity index (χ0) is 17.0. The van der Waals surface area contributed by atoms with E-state index in [0.717, 1.165) is 5.56 Å². The van der Waals surface area contributed by atoms with E-state index in [1.54, 1.807) is 19.1 Å². The van der Waals surface area contributed by atoms with Crippen LogP contribution in [-0.4, -0.2) is 43.3 Å². The van der Waals surface area contributed by atoms with Gasteiger partial charge in [-0.3, -0.25) is 9.69 Å². The molecule has 0 saturated carbocycles. The largest absolute Gasteiger partial charge is 0.466 e. The Morgan fingerprint density at radius 2 is 2.09 bits per heavy atom. The van der Waals surface area contributed by atoms with Gasteiger partial charge in [-0.25, -0.2) is 0 Å². The number of hydrogen-bond donors (Lipinski definition) is 0. The number of alkyl halides is 3. The van der Waals surface area contributed by atoms with Crippen molar-refractivity contribution >= 4 is 17.6 Å². The fraction of sp³-hybridized carbons (Fsp3) is 0.562.